The summed E-state index contributed by atoms with van der Waals surface area (Å²) in [4.78, 5) is -0.0862. The number of hydrogen-bond donors (Lipinski definition) is 2. The third kappa shape index (κ3) is 3.38. The van der Waals surface area contributed by atoms with Crippen LogP contribution in [0.3, 0.4) is 0 Å². The van der Waals surface area contributed by atoms with Crippen molar-refractivity contribution in [2.45, 2.75) is 4.90 Å². The summed E-state index contributed by atoms with van der Waals surface area (Å²) in [5.74, 6) is 0. The van der Waals surface area contributed by atoms with Crippen LogP contribution in [0.2, 0.25) is 10.0 Å². The Labute approximate surface area is 135 Å². The molecule has 4 nitrogen and oxygen atoms in total. The van der Waals surface area contributed by atoms with E-state index in [-0.39, 0.29) is 15.6 Å². The van der Waals surface area contributed by atoms with E-state index in [1.807, 2.05) is 0 Å². The molecule has 8 heteroatoms. The van der Waals surface area contributed by atoms with E-state index >= 15 is 0 Å². The van der Waals surface area contributed by atoms with Crippen LogP contribution in [-0.4, -0.2) is 8.42 Å². The molecule has 2 rings (SSSR count). The van der Waals surface area contributed by atoms with Crippen molar-refractivity contribution in [3.8, 4) is 0 Å². The van der Waals surface area contributed by atoms with Crippen molar-refractivity contribution in [3.05, 3.63) is 50.9 Å². The quantitative estimate of drug-likeness (QED) is 0.767. The van der Waals surface area contributed by atoms with Crippen LogP contribution in [0.1, 0.15) is 0 Å². The summed E-state index contributed by atoms with van der Waals surface area (Å²) >= 11 is 14.9. The monoisotopic (exact) mass is 394 g/mol. The van der Waals surface area contributed by atoms with Crippen molar-refractivity contribution in [2.75, 3.05) is 10.5 Å². The fraction of sp³-hybridized carbons (Fsp3) is 0. The predicted octanol–water partition coefficient (Wildman–Crippen LogP) is 4.14. The summed E-state index contributed by atoms with van der Waals surface area (Å²) < 4.78 is 27.6. The van der Waals surface area contributed by atoms with Crippen molar-refractivity contribution < 1.29 is 8.42 Å². The number of nitrogens with two attached hydrogens (primary N) is 1. The lowest BCUT2D eigenvalue weighted by atomic mass is 10.3. The summed E-state index contributed by atoms with van der Waals surface area (Å²) in [5, 5.41) is 0.690. The Morgan fingerprint density at radius 2 is 1.65 bits per heavy atom. The number of nitrogens with one attached hydrogen (secondary N) is 1. The van der Waals surface area contributed by atoms with Gasteiger partial charge in [0.2, 0.25) is 0 Å². The summed E-state index contributed by atoms with van der Waals surface area (Å²) in [6.07, 6.45) is 0. The third-order valence-electron chi connectivity index (χ3n) is 2.44. The first-order chi connectivity index (χ1) is 9.29. The minimum absolute atomic E-state index is 0.0862. The van der Waals surface area contributed by atoms with Crippen LogP contribution in [0.15, 0.2) is 45.8 Å². The molecule has 0 heterocycles. The van der Waals surface area contributed by atoms with Crippen molar-refractivity contribution in [1.82, 2.24) is 0 Å². The molecule has 0 amide bonds. The molecule has 0 atom stereocenters. The van der Waals surface area contributed by atoms with Gasteiger partial charge in [-0.1, -0.05) is 23.2 Å². The average Bonchev–Trinajstić information content (AvgIpc) is 2.36. The predicted molar refractivity (Wildman–Crippen MR) is 85.8 cm³/mol. The minimum Gasteiger partial charge on any atom is -0.398 e. The van der Waals surface area contributed by atoms with E-state index in [4.69, 9.17) is 28.9 Å². The summed E-state index contributed by atoms with van der Waals surface area (Å²) in [6.45, 7) is 0. The lowest BCUT2D eigenvalue weighted by Gasteiger charge is -2.12. The van der Waals surface area contributed by atoms with Crippen molar-refractivity contribution in [3.63, 3.8) is 0 Å². The van der Waals surface area contributed by atoms with Gasteiger partial charge >= 0.3 is 0 Å². The van der Waals surface area contributed by atoms with Crippen LogP contribution in [0, 0.1) is 0 Å². The molecule has 0 aromatic heterocycles. The number of rotatable bonds is 3. The normalized spacial score (nSPS) is 11.3. The zero-order chi connectivity index (χ0) is 14.9. The second-order valence-corrected chi connectivity index (χ2v) is 7.29. The van der Waals surface area contributed by atoms with E-state index in [0.29, 0.717) is 15.2 Å². The van der Waals surface area contributed by atoms with Crippen molar-refractivity contribution >= 4 is 60.5 Å². The largest absolute Gasteiger partial charge is 0.398 e. The van der Waals surface area contributed by atoms with Crippen LogP contribution in [0.5, 0.6) is 0 Å². The number of hydrogen-bond acceptors (Lipinski definition) is 3. The van der Waals surface area contributed by atoms with Crippen molar-refractivity contribution in [1.29, 1.82) is 0 Å². The van der Waals surface area contributed by atoms with Gasteiger partial charge in [0.05, 0.1) is 11.4 Å². The number of anilines is 2. The number of sulfonamides is 1. The molecule has 0 saturated heterocycles. The van der Waals surface area contributed by atoms with Gasteiger partial charge in [-0.3, -0.25) is 4.72 Å². The minimum atomic E-state index is -3.85. The Balaban J connectivity index is 2.46. The lowest BCUT2D eigenvalue weighted by molar-refractivity contribution is 0.601. The molecule has 106 valence electrons. The SMILES string of the molecule is Nc1ccc(Cl)cc1S(=O)(=O)Nc1cc(Cl)ccc1Br. The van der Waals surface area contributed by atoms with E-state index in [9.17, 15) is 8.42 Å². The zero-order valence-electron chi connectivity index (χ0n) is 9.90. The number of benzene rings is 2. The maximum Gasteiger partial charge on any atom is 0.264 e. The Morgan fingerprint density at radius 1 is 1.05 bits per heavy atom. The first-order valence-corrected chi connectivity index (χ1v) is 8.36. The average molecular weight is 396 g/mol. The second kappa shape index (κ2) is 5.81. The Bertz CT molecular complexity index is 766. The van der Waals surface area contributed by atoms with Gasteiger partial charge in [0, 0.05) is 14.5 Å². The van der Waals surface area contributed by atoms with Crippen molar-refractivity contribution in [2.24, 2.45) is 0 Å². The molecule has 3 N–H and O–H groups in total. The van der Waals surface area contributed by atoms with E-state index < -0.39 is 10.0 Å². The first-order valence-electron chi connectivity index (χ1n) is 5.32. The van der Waals surface area contributed by atoms with Gasteiger partial charge < -0.3 is 5.73 Å². The molecule has 0 unspecified atom stereocenters. The fourth-order valence-corrected chi connectivity index (χ4v) is 3.63. The van der Waals surface area contributed by atoms with Gasteiger partial charge in [-0.15, -0.1) is 0 Å². The lowest BCUT2D eigenvalue weighted by Crippen LogP contribution is -2.15. The summed E-state index contributed by atoms with van der Waals surface area (Å²) in [5.41, 5.74) is 6.11. The number of halogens is 3. The summed E-state index contributed by atoms with van der Waals surface area (Å²) in [6, 6.07) is 9.01. The van der Waals surface area contributed by atoms with Crippen LogP contribution in [-0.2, 0) is 10.0 Å². The molecule has 0 spiro atoms. The highest BCUT2D eigenvalue weighted by atomic mass is 79.9. The van der Waals surface area contributed by atoms with Crippen LogP contribution < -0.4 is 10.5 Å². The molecule has 0 aliphatic rings. The smallest absolute Gasteiger partial charge is 0.264 e. The Kier molecular flexibility index (Phi) is 4.49. The summed E-state index contributed by atoms with van der Waals surface area (Å²) in [7, 11) is -3.85. The Morgan fingerprint density at radius 3 is 2.35 bits per heavy atom. The molecule has 0 radical (unpaired) electrons. The molecule has 0 aliphatic carbocycles. The maximum absolute atomic E-state index is 12.3. The van der Waals surface area contributed by atoms with Gasteiger partial charge in [-0.05, 0) is 52.3 Å². The molecule has 0 saturated carbocycles. The zero-order valence-corrected chi connectivity index (χ0v) is 13.8. The highest BCUT2D eigenvalue weighted by molar-refractivity contribution is 9.10. The van der Waals surface area contributed by atoms with Gasteiger partial charge in [0.15, 0.2) is 0 Å². The van der Waals surface area contributed by atoms with Crippen LogP contribution in [0.25, 0.3) is 0 Å². The highest BCUT2D eigenvalue weighted by Crippen LogP contribution is 2.30. The first kappa shape index (κ1) is 15.4. The standard InChI is InChI=1S/C12H9BrCl2N2O2S/c13-9-3-1-7(14)5-11(9)17-20(18,19)12-6-8(15)2-4-10(12)16/h1-6,17H,16H2. The second-order valence-electron chi connectivity index (χ2n) is 3.91. The van der Waals surface area contributed by atoms with E-state index in [1.54, 1.807) is 12.1 Å². The van der Waals surface area contributed by atoms with Gasteiger partial charge in [0.25, 0.3) is 10.0 Å². The molecule has 0 aliphatic heterocycles. The molecule has 2 aromatic carbocycles. The van der Waals surface area contributed by atoms with E-state index in [2.05, 4.69) is 20.7 Å². The van der Waals surface area contributed by atoms with Crippen LogP contribution >= 0.6 is 39.1 Å². The van der Waals surface area contributed by atoms with Crippen LogP contribution in [0.4, 0.5) is 11.4 Å². The molecule has 0 bridgehead atoms. The Hall–Kier alpha value is -0.950. The van der Waals surface area contributed by atoms with Gasteiger partial charge in [-0.2, -0.15) is 0 Å². The highest BCUT2D eigenvalue weighted by Gasteiger charge is 2.19. The molecular weight excluding hydrogens is 387 g/mol. The third-order valence-corrected chi connectivity index (χ3v) is 5.02. The van der Waals surface area contributed by atoms with Gasteiger partial charge in [0.1, 0.15) is 4.90 Å². The molecule has 0 fully saturated rings. The molecule has 2 aromatic rings. The molecule has 20 heavy (non-hydrogen) atoms. The number of nitrogen functional groups attached to an aromatic ring is 1. The van der Waals surface area contributed by atoms with E-state index in [1.165, 1.54) is 24.3 Å². The maximum atomic E-state index is 12.3. The topological polar surface area (TPSA) is 72.2 Å². The van der Waals surface area contributed by atoms with Gasteiger partial charge in [-0.25, -0.2) is 8.42 Å². The fourth-order valence-electron chi connectivity index (χ4n) is 1.52. The van der Waals surface area contributed by atoms with E-state index in [0.717, 1.165) is 0 Å². The molecular formula is C12H9BrCl2N2O2S.